The molecule has 19 heavy (non-hydrogen) atoms. The van der Waals surface area contributed by atoms with Gasteiger partial charge in [0.2, 0.25) is 0 Å². The van der Waals surface area contributed by atoms with E-state index in [1.54, 1.807) is 7.11 Å². The summed E-state index contributed by atoms with van der Waals surface area (Å²) in [7, 11) is 3.73. The van der Waals surface area contributed by atoms with E-state index in [1.807, 2.05) is 7.05 Å². The fourth-order valence-corrected chi connectivity index (χ4v) is 2.90. The van der Waals surface area contributed by atoms with Crippen molar-refractivity contribution >= 4 is 17.3 Å². The van der Waals surface area contributed by atoms with Crippen molar-refractivity contribution in [2.45, 2.75) is 31.9 Å². The van der Waals surface area contributed by atoms with Gasteiger partial charge in [-0.25, -0.2) is 0 Å². The number of piperidine rings is 1. The smallest absolute Gasteiger partial charge is 0.0825 e. The van der Waals surface area contributed by atoms with Crippen molar-refractivity contribution in [3.05, 3.63) is 28.8 Å². The third-order valence-corrected chi connectivity index (χ3v) is 4.27. The van der Waals surface area contributed by atoms with Gasteiger partial charge in [0.15, 0.2) is 0 Å². The first-order chi connectivity index (χ1) is 9.08. The topological polar surface area (TPSA) is 24.5 Å². The number of hydrogen-bond donors (Lipinski definition) is 1. The molecule has 1 N–H and O–H groups in total. The third kappa shape index (κ3) is 3.41. The van der Waals surface area contributed by atoms with Gasteiger partial charge in [-0.1, -0.05) is 17.7 Å². The van der Waals surface area contributed by atoms with Crippen molar-refractivity contribution in [1.29, 1.82) is 0 Å². The van der Waals surface area contributed by atoms with E-state index in [0.29, 0.717) is 0 Å². The zero-order valence-electron chi connectivity index (χ0n) is 12.0. The number of nitrogens with zero attached hydrogens (tertiary/aromatic N) is 1. The number of rotatable bonds is 4. The van der Waals surface area contributed by atoms with Crippen LogP contribution in [0.25, 0.3) is 0 Å². The van der Waals surface area contributed by atoms with Crippen molar-refractivity contribution in [2.75, 3.05) is 32.1 Å². The summed E-state index contributed by atoms with van der Waals surface area (Å²) in [5, 5.41) is 3.96. The molecular weight excluding hydrogens is 260 g/mol. The Morgan fingerprint density at radius 2 is 2.26 bits per heavy atom. The van der Waals surface area contributed by atoms with E-state index in [4.69, 9.17) is 16.3 Å². The molecule has 1 aromatic carbocycles. The van der Waals surface area contributed by atoms with Crippen molar-refractivity contribution in [1.82, 2.24) is 5.32 Å². The average molecular weight is 283 g/mol. The molecule has 106 valence electrons. The Labute approximate surface area is 120 Å². The quantitative estimate of drug-likeness (QED) is 0.919. The monoisotopic (exact) mass is 282 g/mol. The van der Waals surface area contributed by atoms with E-state index in [1.165, 1.54) is 5.69 Å². The maximum Gasteiger partial charge on any atom is 0.0825 e. The lowest BCUT2D eigenvalue weighted by Crippen LogP contribution is -2.47. The third-order valence-electron chi connectivity index (χ3n) is 3.92. The van der Waals surface area contributed by atoms with E-state index in [9.17, 15) is 0 Å². The number of anilines is 1. The molecule has 0 bridgehead atoms. The molecule has 1 atom stereocenters. The number of benzene rings is 1. The molecule has 3 nitrogen and oxygen atoms in total. The standard InChI is InChI=1S/C15H23ClN2O/c1-15(19-3)7-4-8-18(11-15)13-6-5-12(10-17-2)14(16)9-13/h5-6,9,17H,4,7-8,10-11H2,1-3H3. The van der Waals surface area contributed by atoms with Crippen molar-refractivity contribution < 1.29 is 4.74 Å². The predicted octanol–water partition coefficient (Wildman–Crippen LogP) is 3.06. The second kappa shape index (κ2) is 6.12. The van der Waals surface area contributed by atoms with Crippen LogP contribution in [-0.2, 0) is 11.3 Å². The maximum absolute atomic E-state index is 6.33. The Bertz CT molecular complexity index is 438. The first-order valence-corrected chi connectivity index (χ1v) is 7.19. The normalized spacial score (nSPS) is 23.7. The summed E-state index contributed by atoms with van der Waals surface area (Å²) in [5.74, 6) is 0. The molecule has 0 radical (unpaired) electrons. The van der Waals surface area contributed by atoms with Crippen LogP contribution in [0, 0.1) is 0 Å². The van der Waals surface area contributed by atoms with Gasteiger partial charge in [-0.3, -0.25) is 0 Å². The summed E-state index contributed by atoms with van der Waals surface area (Å²) >= 11 is 6.33. The predicted molar refractivity (Wildman–Crippen MR) is 81.1 cm³/mol. The second-order valence-corrected chi connectivity index (χ2v) is 5.89. The summed E-state index contributed by atoms with van der Waals surface area (Å²) in [5.41, 5.74) is 2.28. The van der Waals surface area contributed by atoms with Gasteiger partial charge >= 0.3 is 0 Å². The number of methoxy groups -OCH3 is 1. The molecule has 1 unspecified atom stereocenters. The highest BCUT2D eigenvalue weighted by Gasteiger charge is 2.30. The highest BCUT2D eigenvalue weighted by Crippen LogP contribution is 2.30. The molecule has 0 aromatic heterocycles. The molecule has 1 fully saturated rings. The molecule has 0 saturated carbocycles. The fourth-order valence-electron chi connectivity index (χ4n) is 2.66. The van der Waals surface area contributed by atoms with Crippen LogP contribution in [0.1, 0.15) is 25.3 Å². The molecule has 0 aliphatic carbocycles. The molecule has 1 aromatic rings. The molecule has 4 heteroatoms. The van der Waals surface area contributed by atoms with Gasteiger partial charge in [0.25, 0.3) is 0 Å². The van der Waals surface area contributed by atoms with E-state index in [0.717, 1.165) is 43.1 Å². The molecular formula is C15H23ClN2O. The van der Waals surface area contributed by atoms with Crippen LogP contribution in [0.2, 0.25) is 5.02 Å². The van der Waals surface area contributed by atoms with Gasteiger partial charge in [-0.05, 0) is 44.5 Å². The van der Waals surface area contributed by atoms with E-state index in [-0.39, 0.29) is 5.60 Å². The summed E-state index contributed by atoms with van der Waals surface area (Å²) in [6.07, 6.45) is 2.27. The summed E-state index contributed by atoms with van der Waals surface area (Å²) in [4.78, 5) is 2.36. The second-order valence-electron chi connectivity index (χ2n) is 5.49. The Balaban J connectivity index is 2.15. The Morgan fingerprint density at radius 1 is 1.47 bits per heavy atom. The van der Waals surface area contributed by atoms with Crippen LogP contribution < -0.4 is 10.2 Å². The van der Waals surface area contributed by atoms with Crippen molar-refractivity contribution in [2.24, 2.45) is 0 Å². The molecule has 1 aliphatic heterocycles. The highest BCUT2D eigenvalue weighted by molar-refractivity contribution is 6.31. The van der Waals surface area contributed by atoms with Crippen molar-refractivity contribution in [3.8, 4) is 0 Å². The summed E-state index contributed by atoms with van der Waals surface area (Å²) < 4.78 is 5.64. The van der Waals surface area contributed by atoms with Crippen LogP contribution in [0.3, 0.4) is 0 Å². The van der Waals surface area contributed by atoms with Crippen LogP contribution in [0.15, 0.2) is 18.2 Å². The summed E-state index contributed by atoms with van der Waals surface area (Å²) in [6, 6.07) is 6.32. The molecule has 2 rings (SSSR count). The van der Waals surface area contributed by atoms with Crippen LogP contribution in [0.4, 0.5) is 5.69 Å². The highest BCUT2D eigenvalue weighted by atomic mass is 35.5. The molecule has 1 saturated heterocycles. The maximum atomic E-state index is 6.33. The Hall–Kier alpha value is -0.770. The first-order valence-electron chi connectivity index (χ1n) is 6.81. The lowest BCUT2D eigenvalue weighted by molar-refractivity contribution is -0.00465. The molecule has 1 aliphatic rings. The average Bonchev–Trinajstić information content (AvgIpc) is 2.41. The number of halogens is 1. The molecule has 0 amide bonds. The Morgan fingerprint density at radius 3 is 2.89 bits per heavy atom. The summed E-state index contributed by atoms with van der Waals surface area (Å²) in [6.45, 7) is 4.97. The van der Waals surface area contributed by atoms with Crippen molar-refractivity contribution in [3.63, 3.8) is 0 Å². The van der Waals surface area contributed by atoms with E-state index >= 15 is 0 Å². The van der Waals surface area contributed by atoms with Gasteiger partial charge in [0, 0.05) is 37.5 Å². The minimum absolute atomic E-state index is 0.0473. The lowest BCUT2D eigenvalue weighted by atomic mass is 9.94. The lowest BCUT2D eigenvalue weighted by Gasteiger charge is -2.40. The van der Waals surface area contributed by atoms with Gasteiger partial charge in [-0.2, -0.15) is 0 Å². The van der Waals surface area contributed by atoms with Crippen LogP contribution in [-0.4, -0.2) is 32.8 Å². The van der Waals surface area contributed by atoms with E-state index < -0.39 is 0 Å². The van der Waals surface area contributed by atoms with Gasteiger partial charge in [0.1, 0.15) is 0 Å². The molecule has 1 heterocycles. The van der Waals surface area contributed by atoms with Crippen LogP contribution >= 0.6 is 11.6 Å². The van der Waals surface area contributed by atoms with Gasteiger partial charge in [0.05, 0.1) is 5.60 Å². The number of ether oxygens (including phenoxy) is 1. The van der Waals surface area contributed by atoms with E-state index in [2.05, 4.69) is 35.3 Å². The zero-order valence-corrected chi connectivity index (χ0v) is 12.8. The Kier molecular flexibility index (Phi) is 4.71. The largest absolute Gasteiger partial charge is 0.377 e. The fraction of sp³-hybridized carbons (Fsp3) is 0.600. The minimum Gasteiger partial charge on any atom is -0.377 e. The SMILES string of the molecule is CNCc1ccc(N2CCCC(C)(OC)C2)cc1Cl. The van der Waals surface area contributed by atoms with Crippen LogP contribution in [0.5, 0.6) is 0 Å². The van der Waals surface area contributed by atoms with Gasteiger partial charge in [-0.15, -0.1) is 0 Å². The number of hydrogen-bond acceptors (Lipinski definition) is 3. The number of nitrogens with one attached hydrogen (secondary N) is 1. The molecule has 0 spiro atoms. The minimum atomic E-state index is -0.0473. The zero-order chi connectivity index (χ0) is 13.9. The first kappa shape index (κ1) is 14.6. The van der Waals surface area contributed by atoms with Gasteiger partial charge < -0.3 is 15.0 Å².